The van der Waals surface area contributed by atoms with Crippen molar-refractivity contribution in [1.82, 2.24) is 0 Å². The molecule has 0 heteroatoms. The molecular weight excluding hydrogens is 180 g/mol. The van der Waals surface area contributed by atoms with Crippen molar-refractivity contribution in [1.29, 1.82) is 0 Å². The first-order chi connectivity index (χ1) is 7.27. The first-order valence-corrected chi connectivity index (χ1v) is 5.26. The van der Waals surface area contributed by atoms with Gasteiger partial charge in [-0.1, -0.05) is 56.3 Å². The highest BCUT2D eigenvalue weighted by Gasteiger charge is 2.02. The molecule has 2 rings (SSSR count). The van der Waals surface area contributed by atoms with Crippen molar-refractivity contribution < 1.29 is 0 Å². The lowest BCUT2D eigenvalue weighted by Crippen LogP contribution is -1.88. The van der Waals surface area contributed by atoms with E-state index in [1.54, 1.807) is 0 Å². The van der Waals surface area contributed by atoms with Crippen LogP contribution in [0, 0.1) is 12.1 Å². The standard InChI is InChI=1S/C15H14/c1-12(2)14-9-6-10-15(11-14)13-7-4-3-5-8-13/h3-7,9-10,12H,1-2H3. The van der Waals surface area contributed by atoms with Gasteiger partial charge in [-0.25, -0.2) is 0 Å². The molecule has 0 bridgehead atoms. The lowest BCUT2D eigenvalue weighted by molar-refractivity contribution is 0.865. The van der Waals surface area contributed by atoms with E-state index < -0.39 is 0 Å². The van der Waals surface area contributed by atoms with E-state index in [4.69, 9.17) is 0 Å². The fraction of sp³-hybridized carbons (Fsp3) is 0.200. The van der Waals surface area contributed by atoms with Crippen LogP contribution in [0.4, 0.5) is 0 Å². The summed E-state index contributed by atoms with van der Waals surface area (Å²) in [5.74, 6) is 0.522. The Bertz CT molecular complexity index is 427. The quantitative estimate of drug-likeness (QED) is 0.675. The SMILES string of the molecule is CC(C)c1[c]c(-c2[c]cccc2)ccc1. The molecule has 2 radical (unpaired) electrons. The van der Waals surface area contributed by atoms with Gasteiger partial charge in [-0.05, 0) is 34.7 Å². The highest BCUT2D eigenvalue weighted by molar-refractivity contribution is 5.62. The van der Waals surface area contributed by atoms with Crippen molar-refractivity contribution >= 4 is 0 Å². The van der Waals surface area contributed by atoms with Gasteiger partial charge in [0.05, 0.1) is 0 Å². The average Bonchev–Trinajstić information content (AvgIpc) is 2.30. The molecule has 0 atom stereocenters. The largest absolute Gasteiger partial charge is 0.0616 e. The molecule has 0 saturated carbocycles. The molecule has 2 aromatic rings. The van der Waals surface area contributed by atoms with Crippen molar-refractivity contribution in [2.24, 2.45) is 0 Å². The maximum absolute atomic E-state index is 3.43. The minimum absolute atomic E-state index is 0.522. The molecule has 0 saturated heterocycles. The van der Waals surface area contributed by atoms with Gasteiger partial charge in [0, 0.05) is 0 Å². The number of hydrogen-bond donors (Lipinski definition) is 0. The molecule has 74 valence electrons. The van der Waals surface area contributed by atoms with Crippen molar-refractivity contribution in [2.45, 2.75) is 19.8 Å². The predicted octanol–water partition coefficient (Wildman–Crippen LogP) is 4.08. The molecule has 0 aliphatic carbocycles. The molecule has 0 aliphatic heterocycles. The van der Waals surface area contributed by atoms with Crippen LogP contribution in [0.3, 0.4) is 0 Å². The average molecular weight is 194 g/mol. The van der Waals surface area contributed by atoms with Crippen LogP contribution in [0.2, 0.25) is 0 Å². The van der Waals surface area contributed by atoms with E-state index >= 15 is 0 Å². The molecule has 0 N–H and O–H groups in total. The van der Waals surface area contributed by atoms with E-state index in [2.05, 4.69) is 50.2 Å². The molecule has 0 heterocycles. The summed E-state index contributed by atoms with van der Waals surface area (Å²) in [6, 6.07) is 20.9. The Kier molecular flexibility index (Phi) is 2.86. The maximum atomic E-state index is 3.43. The van der Waals surface area contributed by atoms with E-state index in [-0.39, 0.29) is 0 Å². The molecule has 0 amide bonds. The van der Waals surface area contributed by atoms with Crippen LogP contribution in [0.5, 0.6) is 0 Å². The van der Waals surface area contributed by atoms with Crippen LogP contribution < -0.4 is 0 Å². The molecule has 0 fully saturated rings. The fourth-order valence-electron chi connectivity index (χ4n) is 1.54. The van der Waals surface area contributed by atoms with Gasteiger partial charge in [-0.15, -0.1) is 0 Å². The number of rotatable bonds is 2. The summed E-state index contributed by atoms with van der Waals surface area (Å²) >= 11 is 0. The van der Waals surface area contributed by atoms with Crippen LogP contribution in [-0.2, 0) is 0 Å². The highest BCUT2D eigenvalue weighted by Crippen LogP contribution is 2.22. The normalized spacial score (nSPS) is 10.6. The first kappa shape index (κ1) is 9.97. The second-order valence-corrected chi connectivity index (χ2v) is 3.95. The van der Waals surface area contributed by atoms with E-state index in [1.807, 2.05) is 18.2 Å². The van der Waals surface area contributed by atoms with Gasteiger partial charge in [0.2, 0.25) is 0 Å². The Morgan fingerprint density at radius 2 is 1.73 bits per heavy atom. The van der Waals surface area contributed by atoms with Crippen molar-refractivity contribution in [3.63, 3.8) is 0 Å². The first-order valence-electron chi connectivity index (χ1n) is 5.26. The number of benzene rings is 2. The Labute approximate surface area is 91.6 Å². The van der Waals surface area contributed by atoms with E-state index in [0.29, 0.717) is 5.92 Å². The van der Waals surface area contributed by atoms with E-state index in [0.717, 1.165) is 11.1 Å². The Morgan fingerprint density at radius 1 is 0.933 bits per heavy atom. The zero-order valence-corrected chi connectivity index (χ0v) is 9.12. The van der Waals surface area contributed by atoms with Crippen molar-refractivity contribution in [3.8, 4) is 11.1 Å². The second kappa shape index (κ2) is 4.31. The van der Waals surface area contributed by atoms with Gasteiger partial charge >= 0.3 is 0 Å². The van der Waals surface area contributed by atoms with Crippen LogP contribution in [0.25, 0.3) is 11.1 Å². The summed E-state index contributed by atoms with van der Waals surface area (Å²) in [6.45, 7) is 4.37. The minimum atomic E-state index is 0.522. The van der Waals surface area contributed by atoms with E-state index in [9.17, 15) is 0 Å². The molecular formula is C15H14. The van der Waals surface area contributed by atoms with Gasteiger partial charge in [0.15, 0.2) is 0 Å². The smallest absolute Gasteiger partial charge is 0.00614 e. The third-order valence-corrected chi connectivity index (χ3v) is 2.44. The zero-order chi connectivity index (χ0) is 10.7. The highest BCUT2D eigenvalue weighted by atomic mass is 14.1. The van der Waals surface area contributed by atoms with Gasteiger partial charge < -0.3 is 0 Å². The predicted molar refractivity (Wildman–Crippen MR) is 63.6 cm³/mol. The fourth-order valence-corrected chi connectivity index (χ4v) is 1.54. The zero-order valence-electron chi connectivity index (χ0n) is 9.12. The minimum Gasteiger partial charge on any atom is -0.0616 e. The summed E-state index contributed by atoms with van der Waals surface area (Å²) in [5, 5.41) is 0. The third-order valence-electron chi connectivity index (χ3n) is 2.44. The lowest BCUT2D eigenvalue weighted by Gasteiger charge is -2.07. The molecule has 2 aromatic carbocycles. The summed E-state index contributed by atoms with van der Waals surface area (Å²) in [5.41, 5.74) is 3.49. The lowest BCUT2D eigenvalue weighted by atomic mass is 9.98. The van der Waals surface area contributed by atoms with E-state index in [1.165, 1.54) is 5.56 Å². The van der Waals surface area contributed by atoms with Crippen LogP contribution in [0.1, 0.15) is 25.3 Å². The molecule has 15 heavy (non-hydrogen) atoms. The summed E-state index contributed by atoms with van der Waals surface area (Å²) < 4.78 is 0. The topological polar surface area (TPSA) is 0 Å². The summed E-state index contributed by atoms with van der Waals surface area (Å²) in [6.07, 6.45) is 0. The van der Waals surface area contributed by atoms with Crippen LogP contribution in [0.15, 0.2) is 42.5 Å². The molecule has 0 unspecified atom stereocenters. The number of hydrogen-bond acceptors (Lipinski definition) is 0. The van der Waals surface area contributed by atoms with Gasteiger partial charge in [-0.3, -0.25) is 0 Å². The molecule has 0 aliphatic rings. The Morgan fingerprint density at radius 3 is 2.40 bits per heavy atom. The molecule has 0 nitrogen and oxygen atoms in total. The molecule has 0 aromatic heterocycles. The van der Waals surface area contributed by atoms with Crippen LogP contribution in [-0.4, -0.2) is 0 Å². The third kappa shape index (κ3) is 2.27. The van der Waals surface area contributed by atoms with Crippen molar-refractivity contribution in [2.75, 3.05) is 0 Å². The monoisotopic (exact) mass is 194 g/mol. The Hall–Kier alpha value is -1.56. The molecule has 0 spiro atoms. The Balaban J connectivity index is 2.42. The van der Waals surface area contributed by atoms with Crippen LogP contribution >= 0.6 is 0 Å². The van der Waals surface area contributed by atoms with Gasteiger partial charge in [0.1, 0.15) is 0 Å². The van der Waals surface area contributed by atoms with Gasteiger partial charge in [-0.2, -0.15) is 0 Å². The van der Waals surface area contributed by atoms with Gasteiger partial charge in [0.25, 0.3) is 0 Å². The summed E-state index contributed by atoms with van der Waals surface area (Å²) in [4.78, 5) is 0. The maximum Gasteiger partial charge on any atom is -0.00614 e. The summed E-state index contributed by atoms with van der Waals surface area (Å²) in [7, 11) is 0. The van der Waals surface area contributed by atoms with Crippen molar-refractivity contribution in [3.05, 3.63) is 60.2 Å². The second-order valence-electron chi connectivity index (χ2n) is 3.95.